The Morgan fingerprint density at radius 2 is 1.59 bits per heavy atom. The van der Waals surface area contributed by atoms with E-state index in [0.29, 0.717) is 45.0 Å². The lowest BCUT2D eigenvalue weighted by molar-refractivity contribution is 0.0955. The van der Waals surface area contributed by atoms with Crippen LogP contribution in [0.3, 0.4) is 0 Å². The average Bonchev–Trinajstić information content (AvgIpc) is 2.80. The molecule has 1 amide bonds. The molecule has 3 aromatic rings. The SMILES string of the molecule is CCOc1cc(/C=N\NC(=O)c2cc(Br)c(OC)c(Br)c2)c(Br)cc1OCc1ccc(Br)cc1. The van der Waals surface area contributed by atoms with Crippen molar-refractivity contribution in [3.63, 3.8) is 0 Å². The van der Waals surface area contributed by atoms with E-state index in [9.17, 15) is 4.79 Å². The van der Waals surface area contributed by atoms with Crippen LogP contribution in [0.1, 0.15) is 28.4 Å². The van der Waals surface area contributed by atoms with E-state index < -0.39 is 0 Å². The molecule has 3 rings (SSSR count). The Hall–Kier alpha value is -1.88. The molecular weight excluding hydrogens is 700 g/mol. The molecule has 34 heavy (non-hydrogen) atoms. The molecule has 0 aliphatic carbocycles. The summed E-state index contributed by atoms with van der Waals surface area (Å²) in [6, 6.07) is 14.9. The number of hydrogen-bond acceptors (Lipinski definition) is 5. The largest absolute Gasteiger partial charge is 0.494 e. The van der Waals surface area contributed by atoms with Gasteiger partial charge in [-0.2, -0.15) is 5.10 Å². The van der Waals surface area contributed by atoms with Crippen LogP contribution < -0.4 is 19.6 Å². The van der Waals surface area contributed by atoms with Crippen molar-refractivity contribution in [3.05, 3.63) is 83.1 Å². The molecule has 6 nitrogen and oxygen atoms in total. The van der Waals surface area contributed by atoms with E-state index in [2.05, 4.69) is 74.2 Å². The van der Waals surface area contributed by atoms with Gasteiger partial charge in [0.2, 0.25) is 0 Å². The number of halogens is 4. The summed E-state index contributed by atoms with van der Waals surface area (Å²) in [6.07, 6.45) is 1.54. The van der Waals surface area contributed by atoms with Crippen LogP contribution in [0.2, 0.25) is 0 Å². The van der Waals surface area contributed by atoms with Crippen LogP contribution in [0.4, 0.5) is 0 Å². The smallest absolute Gasteiger partial charge is 0.271 e. The fourth-order valence-corrected chi connectivity index (χ4v) is 5.08. The van der Waals surface area contributed by atoms with Crippen molar-refractivity contribution in [2.75, 3.05) is 13.7 Å². The maximum atomic E-state index is 12.5. The maximum absolute atomic E-state index is 12.5. The number of hydrogen-bond donors (Lipinski definition) is 1. The van der Waals surface area contributed by atoms with Crippen molar-refractivity contribution in [2.24, 2.45) is 5.10 Å². The first-order valence-corrected chi connectivity index (χ1v) is 13.2. The van der Waals surface area contributed by atoms with Crippen LogP contribution in [0.5, 0.6) is 17.2 Å². The number of benzene rings is 3. The van der Waals surface area contributed by atoms with Crippen molar-refractivity contribution in [3.8, 4) is 17.2 Å². The van der Waals surface area contributed by atoms with Gasteiger partial charge in [0.15, 0.2) is 11.5 Å². The normalized spacial score (nSPS) is 10.9. The summed E-state index contributed by atoms with van der Waals surface area (Å²) in [5.74, 6) is 1.43. The molecule has 0 unspecified atom stereocenters. The van der Waals surface area contributed by atoms with Crippen LogP contribution in [-0.2, 0) is 6.61 Å². The van der Waals surface area contributed by atoms with Gasteiger partial charge in [0, 0.05) is 20.1 Å². The lowest BCUT2D eigenvalue weighted by atomic mass is 10.2. The number of carbonyl (C=O) groups is 1. The molecule has 1 N–H and O–H groups in total. The number of carbonyl (C=O) groups excluding carboxylic acids is 1. The Kier molecular flexibility index (Phi) is 9.99. The highest BCUT2D eigenvalue weighted by molar-refractivity contribution is 9.11. The fourth-order valence-electron chi connectivity index (χ4n) is 2.88. The summed E-state index contributed by atoms with van der Waals surface area (Å²) in [4.78, 5) is 12.5. The monoisotopic (exact) mass is 716 g/mol. The van der Waals surface area contributed by atoms with Crippen molar-refractivity contribution < 1.29 is 19.0 Å². The molecule has 0 radical (unpaired) electrons. The molecule has 0 saturated heterocycles. The van der Waals surface area contributed by atoms with Gasteiger partial charge in [-0.1, -0.05) is 28.1 Å². The standard InChI is InChI=1S/C24H20Br4N2O4/c1-3-33-21-10-16(18(26)11-22(21)34-13-14-4-6-17(25)7-5-14)12-29-30-24(31)15-8-19(27)23(32-2)20(28)9-15/h4-12H,3,13H2,1-2H3,(H,30,31)/b29-12-. The van der Waals surface area contributed by atoms with Crippen molar-refractivity contribution >= 4 is 75.8 Å². The van der Waals surface area contributed by atoms with E-state index in [1.165, 1.54) is 6.21 Å². The highest BCUT2D eigenvalue weighted by Crippen LogP contribution is 2.35. The van der Waals surface area contributed by atoms with Gasteiger partial charge >= 0.3 is 0 Å². The summed E-state index contributed by atoms with van der Waals surface area (Å²) in [6.45, 7) is 2.78. The molecule has 0 fully saturated rings. The molecule has 0 aliphatic rings. The third kappa shape index (κ3) is 7.07. The van der Waals surface area contributed by atoms with E-state index in [4.69, 9.17) is 14.2 Å². The Bertz CT molecular complexity index is 1180. The van der Waals surface area contributed by atoms with E-state index in [-0.39, 0.29) is 5.91 Å². The van der Waals surface area contributed by atoms with Gasteiger partial charge < -0.3 is 14.2 Å². The molecule has 0 atom stereocenters. The van der Waals surface area contributed by atoms with Crippen molar-refractivity contribution in [1.82, 2.24) is 5.43 Å². The molecule has 10 heteroatoms. The molecular formula is C24H20Br4N2O4. The predicted octanol–water partition coefficient (Wildman–Crippen LogP) is 7.49. The number of rotatable bonds is 9. The van der Waals surface area contributed by atoms with Gasteiger partial charge in [0.1, 0.15) is 12.4 Å². The minimum atomic E-state index is -0.365. The fraction of sp³-hybridized carbons (Fsp3) is 0.167. The first kappa shape index (κ1) is 26.7. The number of nitrogens with one attached hydrogen (secondary N) is 1. The molecule has 0 heterocycles. The van der Waals surface area contributed by atoms with Gasteiger partial charge in [-0.3, -0.25) is 4.79 Å². The topological polar surface area (TPSA) is 69.2 Å². The molecule has 0 aliphatic heterocycles. The second-order valence-electron chi connectivity index (χ2n) is 6.84. The molecule has 178 valence electrons. The number of hydrazone groups is 1. The van der Waals surface area contributed by atoms with Crippen molar-refractivity contribution in [2.45, 2.75) is 13.5 Å². The Labute approximate surface area is 231 Å². The van der Waals surface area contributed by atoms with Crippen LogP contribution in [-0.4, -0.2) is 25.8 Å². The Balaban J connectivity index is 1.73. The van der Waals surface area contributed by atoms with Gasteiger partial charge in [0.25, 0.3) is 5.91 Å². The van der Waals surface area contributed by atoms with Crippen LogP contribution in [0.15, 0.2) is 71.5 Å². The number of nitrogens with zero attached hydrogens (tertiary/aromatic N) is 1. The zero-order valence-electron chi connectivity index (χ0n) is 18.2. The first-order chi connectivity index (χ1) is 16.3. The number of amides is 1. The number of methoxy groups -OCH3 is 1. The quantitative estimate of drug-likeness (QED) is 0.184. The second kappa shape index (κ2) is 12.7. The van der Waals surface area contributed by atoms with Crippen LogP contribution in [0.25, 0.3) is 0 Å². The van der Waals surface area contributed by atoms with Gasteiger partial charge in [-0.05, 0) is 96.7 Å². The molecule has 0 aromatic heterocycles. The van der Waals surface area contributed by atoms with Crippen molar-refractivity contribution in [1.29, 1.82) is 0 Å². The molecule has 3 aromatic carbocycles. The van der Waals surface area contributed by atoms with Gasteiger partial charge in [-0.25, -0.2) is 5.43 Å². The second-order valence-corrected chi connectivity index (χ2v) is 10.3. The third-order valence-corrected chi connectivity index (χ3v) is 6.90. The van der Waals surface area contributed by atoms with E-state index in [1.54, 1.807) is 25.3 Å². The summed E-state index contributed by atoms with van der Waals surface area (Å²) >= 11 is 13.8. The van der Waals surface area contributed by atoms with Crippen LogP contribution in [0, 0.1) is 0 Å². The lowest BCUT2D eigenvalue weighted by Gasteiger charge is -2.14. The van der Waals surface area contributed by atoms with Gasteiger partial charge in [0.05, 0.1) is 28.9 Å². The Morgan fingerprint density at radius 1 is 0.941 bits per heavy atom. The third-order valence-electron chi connectivity index (χ3n) is 4.50. The van der Waals surface area contributed by atoms with E-state index >= 15 is 0 Å². The summed E-state index contributed by atoms with van der Waals surface area (Å²) in [7, 11) is 1.56. The van der Waals surface area contributed by atoms with Crippen LogP contribution >= 0.6 is 63.7 Å². The maximum Gasteiger partial charge on any atom is 0.271 e. The zero-order valence-corrected chi connectivity index (χ0v) is 24.5. The minimum Gasteiger partial charge on any atom is -0.494 e. The average molecular weight is 720 g/mol. The zero-order chi connectivity index (χ0) is 24.7. The molecule has 0 spiro atoms. The summed E-state index contributed by atoms with van der Waals surface area (Å²) < 4.78 is 20.1. The molecule has 0 bridgehead atoms. The summed E-state index contributed by atoms with van der Waals surface area (Å²) in [5, 5.41) is 4.10. The van der Waals surface area contributed by atoms with E-state index in [1.807, 2.05) is 37.3 Å². The first-order valence-electron chi connectivity index (χ1n) is 10.0. The minimum absolute atomic E-state index is 0.365. The van der Waals surface area contributed by atoms with Gasteiger partial charge in [-0.15, -0.1) is 0 Å². The highest BCUT2D eigenvalue weighted by Gasteiger charge is 2.13. The molecule has 0 saturated carbocycles. The highest BCUT2D eigenvalue weighted by atomic mass is 79.9. The lowest BCUT2D eigenvalue weighted by Crippen LogP contribution is -2.17. The van der Waals surface area contributed by atoms with E-state index in [0.717, 1.165) is 20.1 Å². The Morgan fingerprint density at radius 3 is 2.21 bits per heavy atom. The predicted molar refractivity (Wildman–Crippen MR) is 147 cm³/mol. The number of ether oxygens (including phenoxy) is 3. The summed E-state index contributed by atoms with van der Waals surface area (Å²) in [5.41, 5.74) is 4.71.